The largest absolute Gasteiger partial charge is 0.264 e. The molecule has 0 saturated carbocycles. The summed E-state index contributed by atoms with van der Waals surface area (Å²) >= 11 is 7.34. The molecule has 11 heavy (non-hydrogen) atoms. The molecule has 0 bridgehead atoms. The van der Waals surface area contributed by atoms with Gasteiger partial charge >= 0.3 is 0 Å². The molecule has 60 valence electrons. The molecular weight excluding hydrogens is 178 g/mol. The van der Waals surface area contributed by atoms with Gasteiger partial charge in [0.25, 0.3) is 0 Å². The van der Waals surface area contributed by atoms with E-state index >= 15 is 0 Å². The number of pyridine rings is 1. The average molecular weight is 188 g/mol. The molecule has 0 aliphatic rings. The number of hydrogen-bond acceptors (Lipinski definition) is 2. The maximum absolute atomic E-state index is 5.54. The maximum Gasteiger partial charge on any atom is 0.0403 e. The van der Waals surface area contributed by atoms with Gasteiger partial charge in [-0.1, -0.05) is 0 Å². The Morgan fingerprint density at radius 3 is 3.09 bits per heavy atom. The first kappa shape index (κ1) is 8.88. The van der Waals surface area contributed by atoms with Crippen molar-refractivity contribution in [1.82, 2.24) is 4.98 Å². The molecule has 1 nitrogen and oxygen atoms in total. The van der Waals surface area contributed by atoms with Crippen LogP contribution in [0.5, 0.6) is 0 Å². The molecule has 0 amide bonds. The molecule has 0 N–H and O–H groups in total. The third-order valence-electron chi connectivity index (χ3n) is 1.18. The first-order valence-corrected chi connectivity index (χ1v) is 5.04. The fourth-order valence-electron chi connectivity index (χ4n) is 0.677. The predicted octanol–water partition coefficient (Wildman–Crippen LogP) is 2.80. The molecule has 0 spiro atoms. The molecule has 0 aliphatic heterocycles. The molecule has 0 unspecified atom stereocenters. The number of aromatic nitrogens is 1. The molecular formula is C8H10ClNS. The number of thioether (sulfide) groups is 1. The van der Waals surface area contributed by atoms with E-state index in [4.69, 9.17) is 11.6 Å². The quantitative estimate of drug-likeness (QED) is 0.409. The van der Waals surface area contributed by atoms with Crippen LogP contribution in [0.4, 0.5) is 0 Å². The van der Waals surface area contributed by atoms with Gasteiger partial charge in [0.1, 0.15) is 0 Å². The highest BCUT2D eigenvalue weighted by Gasteiger charge is 1.90. The van der Waals surface area contributed by atoms with Crippen molar-refractivity contribution in [2.75, 3.05) is 11.6 Å². The van der Waals surface area contributed by atoms with Gasteiger partial charge in [0.2, 0.25) is 0 Å². The lowest BCUT2D eigenvalue weighted by Crippen LogP contribution is -1.80. The van der Waals surface area contributed by atoms with Gasteiger partial charge in [-0.25, -0.2) is 0 Å². The number of rotatable bonds is 4. The Hall–Kier alpha value is -0.210. The van der Waals surface area contributed by atoms with Gasteiger partial charge in [-0.05, 0) is 24.3 Å². The van der Waals surface area contributed by atoms with E-state index in [1.54, 1.807) is 18.0 Å². The van der Waals surface area contributed by atoms with Crippen molar-refractivity contribution in [3.05, 3.63) is 24.5 Å². The van der Waals surface area contributed by atoms with Crippen LogP contribution in [0.2, 0.25) is 0 Å². The molecule has 0 aliphatic carbocycles. The summed E-state index contributed by atoms with van der Waals surface area (Å²) in [5.74, 6) is 1.82. The van der Waals surface area contributed by atoms with E-state index < -0.39 is 0 Å². The van der Waals surface area contributed by atoms with Crippen LogP contribution in [0.25, 0.3) is 0 Å². The Labute approximate surface area is 76.2 Å². The van der Waals surface area contributed by atoms with Crippen LogP contribution in [0.3, 0.4) is 0 Å². The van der Waals surface area contributed by atoms with Crippen LogP contribution in [-0.4, -0.2) is 16.6 Å². The fourth-order valence-corrected chi connectivity index (χ4v) is 1.80. The van der Waals surface area contributed by atoms with Crippen molar-refractivity contribution in [2.45, 2.75) is 11.3 Å². The summed E-state index contributed by atoms with van der Waals surface area (Å²) in [4.78, 5) is 5.23. The van der Waals surface area contributed by atoms with Crippen molar-refractivity contribution in [3.8, 4) is 0 Å². The van der Waals surface area contributed by atoms with Gasteiger partial charge in [0, 0.05) is 23.2 Å². The number of hydrogen-bond donors (Lipinski definition) is 0. The predicted molar refractivity (Wildman–Crippen MR) is 50.3 cm³/mol. The van der Waals surface area contributed by atoms with Crippen LogP contribution in [0.1, 0.15) is 6.42 Å². The third kappa shape index (κ3) is 3.63. The monoisotopic (exact) mass is 187 g/mol. The zero-order valence-electron chi connectivity index (χ0n) is 6.16. The van der Waals surface area contributed by atoms with E-state index in [0.717, 1.165) is 18.1 Å². The summed E-state index contributed by atoms with van der Waals surface area (Å²) in [6.07, 6.45) is 4.71. The lowest BCUT2D eigenvalue weighted by atomic mass is 10.5. The van der Waals surface area contributed by atoms with Crippen molar-refractivity contribution in [1.29, 1.82) is 0 Å². The second-order valence-electron chi connectivity index (χ2n) is 2.08. The minimum Gasteiger partial charge on any atom is -0.264 e. The summed E-state index contributed by atoms with van der Waals surface area (Å²) < 4.78 is 0. The SMILES string of the molecule is ClCCCSc1cccnc1. The standard InChI is InChI=1S/C8H10ClNS/c9-4-2-6-11-8-3-1-5-10-7-8/h1,3,5,7H,2,4,6H2. The van der Waals surface area contributed by atoms with E-state index in [1.165, 1.54) is 4.90 Å². The van der Waals surface area contributed by atoms with Crippen molar-refractivity contribution < 1.29 is 0 Å². The first-order valence-electron chi connectivity index (χ1n) is 3.52. The highest BCUT2D eigenvalue weighted by Crippen LogP contribution is 2.16. The maximum atomic E-state index is 5.54. The second-order valence-corrected chi connectivity index (χ2v) is 3.63. The van der Waals surface area contributed by atoms with Crippen LogP contribution in [0, 0.1) is 0 Å². The lowest BCUT2D eigenvalue weighted by Gasteiger charge is -1.96. The Balaban J connectivity index is 2.28. The summed E-state index contributed by atoms with van der Waals surface area (Å²) in [5, 5.41) is 0. The molecule has 0 atom stereocenters. The molecule has 0 fully saturated rings. The van der Waals surface area contributed by atoms with Crippen LogP contribution in [-0.2, 0) is 0 Å². The molecule has 3 heteroatoms. The molecule has 0 radical (unpaired) electrons. The zero-order chi connectivity index (χ0) is 7.94. The summed E-state index contributed by atoms with van der Waals surface area (Å²) in [5.41, 5.74) is 0. The van der Waals surface area contributed by atoms with Gasteiger partial charge in [-0.3, -0.25) is 4.98 Å². The molecule has 0 saturated heterocycles. The number of nitrogens with zero attached hydrogens (tertiary/aromatic N) is 1. The van der Waals surface area contributed by atoms with Crippen molar-refractivity contribution in [2.24, 2.45) is 0 Å². The topological polar surface area (TPSA) is 12.9 Å². The molecule has 1 aromatic heterocycles. The van der Waals surface area contributed by atoms with Gasteiger partial charge in [-0.15, -0.1) is 23.4 Å². The Morgan fingerprint density at radius 1 is 1.55 bits per heavy atom. The van der Waals surface area contributed by atoms with Gasteiger partial charge in [0.05, 0.1) is 0 Å². The number of halogens is 1. The van der Waals surface area contributed by atoms with E-state index in [0.29, 0.717) is 0 Å². The highest BCUT2D eigenvalue weighted by molar-refractivity contribution is 7.99. The fraction of sp³-hybridized carbons (Fsp3) is 0.375. The lowest BCUT2D eigenvalue weighted by molar-refractivity contribution is 1.11. The Kier molecular flexibility index (Phi) is 4.39. The van der Waals surface area contributed by atoms with Crippen LogP contribution >= 0.6 is 23.4 Å². The normalized spacial score (nSPS) is 9.91. The third-order valence-corrected chi connectivity index (χ3v) is 2.52. The molecule has 1 rings (SSSR count). The summed E-state index contributed by atoms with van der Waals surface area (Å²) in [6, 6.07) is 4.01. The van der Waals surface area contributed by atoms with E-state index in [2.05, 4.69) is 11.1 Å². The molecule has 1 aromatic rings. The summed E-state index contributed by atoms with van der Waals surface area (Å²) in [7, 11) is 0. The zero-order valence-corrected chi connectivity index (χ0v) is 7.74. The van der Waals surface area contributed by atoms with Crippen molar-refractivity contribution >= 4 is 23.4 Å². The Bertz CT molecular complexity index is 191. The molecule has 1 heterocycles. The highest BCUT2D eigenvalue weighted by atomic mass is 35.5. The van der Waals surface area contributed by atoms with Gasteiger partial charge < -0.3 is 0 Å². The van der Waals surface area contributed by atoms with Crippen LogP contribution in [0.15, 0.2) is 29.4 Å². The van der Waals surface area contributed by atoms with Gasteiger partial charge in [0.15, 0.2) is 0 Å². The first-order chi connectivity index (χ1) is 5.43. The van der Waals surface area contributed by atoms with Crippen LogP contribution < -0.4 is 0 Å². The second kappa shape index (κ2) is 5.44. The van der Waals surface area contributed by atoms with E-state index in [-0.39, 0.29) is 0 Å². The van der Waals surface area contributed by atoms with E-state index in [1.807, 2.05) is 12.3 Å². The Morgan fingerprint density at radius 2 is 2.45 bits per heavy atom. The van der Waals surface area contributed by atoms with Crippen molar-refractivity contribution in [3.63, 3.8) is 0 Å². The average Bonchev–Trinajstić information content (AvgIpc) is 2.07. The minimum atomic E-state index is 0.743. The number of alkyl halides is 1. The van der Waals surface area contributed by atoms with Gasteiger partial charge in [-0.2, -0.15) is 0 Å². The minimum absolute atomic E-state index is 0.743. The van der Waals surface area contributed by atoms with E-state index in [9.17, 15) is 0 Å². The molecule has 0 aromatic carbocycles. The summed E-state index contributed by atoms with van der Waals surface area (Å²) in [6.45, 7) is 0. The smallest absolute Gasteiger partial charge is 0.0403 e.